The van der Waals surface area contributed by atoms with E-state index >= 15 is 0 Å². The molecule has 1 aliphatic rings. The van der Waals surface area contributed by atoms with Gasteiger partial charge in [0.2, 0.25) is 0 Å². The fourth-order valence-electron chi connectivity index (χ4n) is 2.80. The number of hydrogen-bond donors (Lipinski definition) is 1. The molecule has 0 aromatic heterocycles. The predicted octanol–water partition coefficient (Wildman–Crippen LogP) is 2.42. The average molecular weight is 289 g/mol. The summed E-state index contributed by atoms with van der Waals surface area (Å²) < 4.78 is 0. The molecule has 1 aliphatic heterocycles. The van der Waals surface area contributed by atoms with Crippen LogP contribution in [-0.4, -0.2) is 34.3 Å². The lowest BCUT2D eigenvalue weighted by Crippen LogP contribution is -2.35. The van der Waals surface area contributed by atoms with E-state index in [1.54, 1.807) is 24.3 Å². The molecule has 2 amide bonds. The van der Waals surface area contributed by atoms with Gasteiger partial charge in [0.05, 0.1) is 11.1 Å². The fourth-order valence-corrected chi connectivity index (χ4v) is 2.80. The summed E-state index contributed by atoms with van der Waals surface area (Å²) in [4.78, 5) is 36.7. The highest BCUT2D eigenvalue weighted by Crippen LogP contribution is 2.26. The number of benzene rings is 1. The lowest BCUT2D eigenvalue weighted by Gasteiger charge is -2.22. The molecule has 0 saturated heterocycles. The van der Waals surface area contributed by atoms with E-state index in [1.807, 2.05) is 13.8 Å². The van der Waals surface area contributed by atoms with E-state index < -0.39 is 5.97 Å². The van der Waals surface area contributed by atoms with Crippen LogP contribution < -0.4 is 0 Å². The first kappa shape index (κ1) is 15.2. The Labute approximate surface area is 123 Å². The van der Waals surface area contributed by atoms with Crippen molar-refractivity contribution in [1.82, 2.24) is 4.90 Å². The lowest BCUT2D eigenvalue weighted by molar-refractivity contribution is -0.138. The van der Waals surface area contributed by atoms with Crippen LogP contribution in [0.3, 0.4) is 0 Å². The number of aliphatic carboxylic acids is 1. The van der Waals surface area contributed by atoms with Gasteiger partial charge in [0.15, 0.2) is 0 Å². The Morgan fingerprint density at radius 1 is 1.14 bits per heavy atom. The monoisotopic (exact) mass is 289 g/mol. The maximum absolute atomic E-state index is 12.3. The van der Waals surface area contributed by atoms with Crippen LogP contribution in [0.5, 0.6) is 0 Å². The van der Waals surface area contributed by atoms with Crippen molar-refractivity contribution in [3.05, 3.63) is 35.4 Å². The third kappa shape index (κ3) is 3.29. The van der Waals surface area contributed by atoms with Crippen molar-refractivity contribution in [3.8, 4) is 0 Å². The Morgan fingerprint density at radius 2 is 1.67 bits per heavy atom. The number of hydrogen-bond acceptors (Lipinski definition) is 3. The van der Waals surface area contributed by atoms with E-state index in [9.17, 15) is 14.4 Å². The van der Waals surface area contributed by atoms with Gasteiger partial charge in [0.25, 0.3) is 11.8 Å². The molecule has 1 aromatic rings. The third-order valence-electron chi connectivity index (χ3n) is 3.59. The standard InChI is InChI=1S/C16H19NO4/c1-10(2)7-11(8-14(18)19)9-17-15(20)12-5-3-4-6-13(12)16(17)21/h3-6,10-11H,7-9H2,1-2H3,(H,18,19). The number of amides is 2. The molecule has 0 spiro atoms. The van der Waals surface area contributed by atoms with Crippen LogP contribution in [0.15, 0.2) is 24.3 Å². The number of carbonyl (C=O) groups is 3. The fraction of sp³-hybridized carbons (Fsp3) is 0.438. The summed E-state index contributed by atoms with van der Waals surface area (Å²) in [5.74, 6) is -1.46. The molecule has 5 nitrogen and oxygen atoms in total. The third-order valence-corrected chi connectivity index (χ3v) is 3.59. The summed E-state index contributed by atoms with van der Waals surface area (Å²) in [5, 5.41) is 8.99. The lowest BCUT2D eigenvalue weighted by atomic mass is 9.93. The minimum Gasteiger partial charge on any atom is -0.481 e. The Hall–Kier alpha value is -2.17. The molecule has 5 heteroatoms. The van der Waals surface area contributed by atoms with E-state index in [4.69, 9.17) is 5.11 Å². The molecule has 0 fully saturated rings. The molecule has 1 unspecified atom stereocenters. The molecule has 0 radical (unpaired) electrons. The van der Waals surface area contributed by atoms with E-state index in [1.165, 1.54) is 4.90 Å². The minimum atomic E-state index is -0.905. The van der Waals surface area contributed by atoms with Gasteiger partial charge in [0, 0.05) is 13.0 Å². The number of carbonyl (C=O) groups excluding carboxylic acids is 2. The molecule has 1 aromatic carbocycles. The Balaban J connectivity index is 2.17. The zero-order valence-electron chi connectivity index (χ0n) is 12.2. The van der Waals surface area contributed by atoms with E-state index in [0.29, 0.717) is 23.5 Å². The van der Waals surface area contributed by atoms with Crippen molar-refractivity contribution in [2.24, 2.45) is 11.8 Å². The smallest absolute Gasteiger partial charge is 0.303 e. The van der Waals surface area contributed by atoms with Crippen molar-refractivity contribution < 1.29 is 19.5 Å². The molecule has 2 rings (SSSR count). The van der Waals surface area contributed by atoms with Crippen LogP contribution >= 0.6 is 0 Å². The van der Waals surface area contributed by atoms with E-state index in [2.05, 4.69) is 0 Å². The maximum Gasteiger partial charge on any atom is 0.303 e. The van der Waals surface area contributed by atoms with Gasteiger partial charge in [-0.1, -0.05) is 26.0 Å². The Bertz CT molecular complexity index is 544. The Morgan fingerprint density at radius 3 is 2.10 bits per heavy atom. The number of nitrogens with zero attached hydrogens (tertiary/aromatic N) is 1. The first-order valence-corrected chi connectivity index (χ1v) is 7.07. The van der Waals surface area contributed by atoms with Gasteiger partial charge in [-0.25, -0.2) is 0 Å². The van der Waals surface area contributed by atoms with Gasteiger partial charge in [-0.05, 0) is 30.4 Å². The molecule has 1 N–H and O–H groups in total. The van der Waals surface area contributed by atoms with Crippen molar-refractivity contribution in [1.29, 1.82) is 0 Å². The topological polar surface area (TPSA) is 74.7 Å². The summed E-state index contributed by atoms with van der Waals surface area (Å²) in [7, 11) is 0. The summed E-state index contributed by atoms with van der Waals surface area (Å²) in [5.41, 5.74) is 0.808. The quantitative estimate of drug-likeness (QED) is 0.816. The summed E-state index contributed by atoms with van der Waals surface area (Å²) >= 11 is 0. The highest BCUT2D eigenvalue weighted by Gasteiger charge is 2.36. The molecule has 1 heterocycles. The molecule has 0 aliphatic carbocycles. The van der Waals surface area contributed by atoms with Gasteiger partial charge >= 0.3 is 5.97 Å². The highest BCUT2D eigenvalue weighted by atomic mass is 16.4. The van der Waals surface area contributed by atoms with Crippen LogP contribution in [0.25, 0.3) is 0 Å². The molecule has 0 saturated carbocycles. The Kier molecular flexibility index (Phi) is 4.40. The summed E-state index contributed by atoms with van der Waals surface area (Å²) in [6.07, 6.45) is 0.630. The van der Waals surface area contributed by atoms with Crippen LogP contribution in [0.2, 0.25) is 0 Å². The highest BCUT2D eigenvalue weighted by molar-refractivity contribution is 6.21. The SMILES string of the molecule is CC(C)CC(CC(=O)O)CN1C(=O)c2ccccc2C1=O. The van der Waals surface area contributed by atoms with Crippen LogP contribution in [0, 0.1) is 11.8 Å². The van der Waals surface area contributed by atoms with Gasteiger partial charge in [-0.2, -0.15) is 0 Å². The van der Waals surface area contributed by atoms with Gasteiger partial charge < -0.3 is 5.11 Å². The zero-order chi connectivity index (χ0) is 15.6. The van der Waals surface area contributed by atoms with Crippen molar-refractivity contribution >= 4 is 17.8 Å². The maximum atomic E-state index is 12.3. The first-order chi connectivity index (χ1) is 9.90. The minimum absolute atomic E-state index is 0.0361. The van der Waals surface area contributed by atoms with Crippen molar-refractivity contribution in [2.45, 2.75) is 26.7 Å². The van der Waals surface area contributed by atoms with Crippen molar-refractivity contribution in [3.63, 3.8) is 0 Å². The summed E-state index contributed by atoms with van der Waals surface area (Å²) in [6.45, 7) is 4.16. The largest absolute Gasteiger partial charge is 0.481 e. The number of carboxylic acids is 1. The number of fused-ring (bicyclic) bond motifs is 1. The second kappa shape index (κ2) is 6.08. The first-order valence-electron chi connectivity index (χ1n) is 7.07. The van der Waals surface area contributed by atoms with Crippen LogP contribution in [-0.2, 0) is 4.79 Å². The average Bonchev–Trinajstić information content (AvgIpc) is 2.63. The second-order valence-electron chi connectivity index (χ2n) is 5.86. The van der Waals surface area contributed by atoms with Gasteiger partial charge in [0.1, 0.15) is 0 Å². The molecular formula is C16H19NO4. The number of carboxylic acid groups (broad SMARTS) is 1. The number of imide groups is 1. The normalized spacial score (nSPS) is 15.5. The molecular weight excluding hydrogens is 270 g/mol. The number of rotatable bonds is 6. The molecule has 0 bridgehead atoms. The van der Waals surface area contributed by atoms with E-state index in [0.717, 1.165) is 0 Å². The predicted molar refractivity (Wildman–Crippen MR) is 77.0 cm³/mol. The van der Waals surface area contributed by atoms with Crippen LogP contribution in [0.1, 0.15) is 47.4 Å². The van der Waals surface area contributed by atoms with Gasteiger partial charge in [-0.3, -0.25) is 19.3 Å². The molecule has 112 valence electrons. The van der Waals surface area contributed by atoms with E-state index in [-0.39, 0.29) is 30.7 Å². The van der Waals surface area contributed by atoms with Crippen molar-refractivity contribution in [2.75, 3.05) is 6.54 Å². The van der Waals surface area contributed by atoms with Crippen LogP contribution in [0.4, 0.5) is 0 Å². The molecule has 21 heavy (non-hydrogen) atoms. The van der Waals surface area contributed by atoms with Gasteiger partial charge in [-0.15, -0.1) is 0 Å². The zero-order valence-corrected chi connectivity index (χ0v) is 12.2. The second-order valence-corrected chi connectivity index (χ2v) is 5.86. The molecule has 1 atom stereocenters. The summed E-state index contributed by atoms with van der Waals surface area (Å²) in [6, 6.07) is 6.70.